The molecule has 1 aliphatic heterocycles. The van der Waals surface area contributed by atoms with E-state index in [9.17, 15) is 9.59 Å². The van der Waals surface area contributed by atoms with Gasteiger partial charge < -0.3 is 10.2 Å². The number of hydrogen-bond donors (Lipinski definition) is 1. The van der Waals surface area contributed by atoms with Crippen molar-refractivity contribution in [2.24, 2.45) is 11.8 Å². The second-order valence-corrected chi connectivity index (χ2v) is 8.53. The standard InChI is InChI=1S/C25H30N2O2/c1-18-9-8-14-22(18)26-25(29)21-15-16-23(28)27(17-19-10-4-2-5-11-19)24(21)20-12-6-3-7-13-20/h2-7,10-13,18,21-22,24H,8-9,14-17H2,1H3,(H,26,29). The number of nitrogens with one attached hydrogen (secondary N) is 1. The molecule has 2 aromatic rings. The molecule has 1 heterocycles. The van der Waals surface area contributed by atoms with Crippen LogP contribution in [0.1, 0.15) is 56.2 Å². The maximum Gasteiger partial charge on any atom is 0.225 e. The van der Waals surface area contributed by atoms with E-state index in [0.29, 0.717) is 25.3 Å². The molecule has 1 saturated heterocycles. The zero-order valence-corrected chi connectivity index (χ0v) is 17.1. The molecule has 1 aliphatic carbocycles. The van der Waals surface area contributed by atoms with Crippen molar-refractivity contribution in [1.82, 2.24) is 10.2 Å². The van der Waals surface area contributed by atoms with Gasteiger partial charge in [-0.15, -0.1) is 0 Å². The summed E-state index contributed by atoms with van der Waals surface area (Å²) in [6.45, 7) is 2.75. The highest BCUT2D eigenvalue weighted by Gasteiger charge is 2.41. The van der Waals surface area contributed by atoms with Gasteiger partial charge in [-0.1, -0.05) is 74.0 Å². The molecule has 29 heavy (non-hydrogen) atoms. The minimum absolute atomic E-state index is 0.100. The molecule has 4 unspecified atom stereocenters. The van der Waals surface area contributed by atoms with E-state index < -0.39 is 0 Å². The monoisotopic (exact) mass is 390 g/mol. The highest BCUT2D eigenvalue weighted by atomic mass is 16.2. The predicted octanol–water partition coefficient (Wildman–Crippen LogP) is 4.47. The van der Waals surface area contributed by atoms with Crippen molar-refractivity contribution in [3.63, 3.8) is 0 Å². The molecule has 4 rings (SSSR count). The largest absolute Gasteiger partial charge is 0.353 e. The van der Waals surface area contributed by atoms with Gasteiger partial charge in [-0.25, -0.2) is 0 Å². The summed E-state index contributed by atoms with van der Waals surface area (Å²) in [4.78, 5) is 28.2. The number of rotatable bonds is 5. The summed E-state index contributed by atoms with van der Waals surface area (Å²) in [5.74, 6) is 0.538. The Kier molecular flexibility index (Phi) is 5.98. The van der Waals surface area contributed by atoms with Crippen molar-refractivity contribution in [3.05, 3.63) is 71.8 Å². The molecule has 0 radical (unpaired) electrons. The molecule has 2 amide bonds. The lowest BCUT2D eigenvalue weighted by Crippen LogP contribution is -2.49. The normalized spacial score (nSPS) is 27.1. The third-order valence-electron chi connectivity index (χ3n) is 6.57. The summed E-state index contributed by atoms with van der Waals surface area (Å²) < 4.78 is 0. The van der Waals surface area contributed by atoms with E-state index in [1.54, 1.807) is 0 Å². The molecule has 0 bridgehead atoms. The number of amides is 2. The average Bonchev–Trinajstić information content (AvgIpc) is 3.15. The zero-order chi connectivity index (χ0) is 20.2. The van der Waals surface area contributed by atoms with Crippen LogP contribution >= 0.6 is 0 Å². The van der Waals surface area contributed by atoms with E-state index in [0.717, 1.165) is 17.5 Å². The summed E-state index contributed by atoms with van der Waals surface area (Å²) in [5.41, 5.74) is 2.13. The molecule has 2 fully saturated rings. The highest BCUT2D eigenvalue weighted by Crippen LogP contribution is 2.38. The van der Waals surface area contributed by atoms with Crippen molar-refractivity contribution in [1.29, 1.82) is 0 Å². The summed E-state index contributed by atoms with van der Waals surface area (Å²) in [6.07, 6.45) is 4.45. The van der Waals surface area contributed by atoms with E-state index in [1.807, 2.05) is 65.6 Å². The summed E-state index contributed by atoms with van der Waals surface area (Å²) in [5, 5.41) is 3.32. The van der Waals surface area contributed by atoms with Gasteiger partial charge in [0, 0.05) is 19.0 Å². The predicted molar refractivity (Wildman–Crippen MR) is 114 cm³/mol. The second-order valence-electron chi connectivity index (χ2n) is 8.53. The molecular weight excluding hydrogens is 360 g/mol. The van der Waals surface area contributed by atoms with Crippen LogP contribution in [0.2, 0.25) is 0 Å². The van der Waals surface area contributed by atoms with Gasteiger partial charge in [0.2, 0.25) is 11.8 Å². The van der Waals surface area contributed by atoms with Crippen LogP contribution in [-0.2, 0) is 16.1 Å². The van der Waals surface area contributed by atoms with Crippen LogP contribution in [-0.4, -0.2) is 22.8 Å². The molecule has 1 saturated carbocycles. The van der Waals surface area contributed by atoms with Crippen LogP contribution in [0.3, 0.4) is 0 Å². The number of piperidine rings is 1. The van der Waals surface area contributed by atoms with Crippen LogP contribution in [0, 0.1) is 11.8 Å². The first kappa shape index (κ1) is 19.7. The van der Waals surface area contributed by atoms with Crippen molar-refractivity contribution in [2.75, 3.05) is 0 Å². The Bertz CT molecular complexity index is 836. The minimum atomic E-state index is -0.227. The Morgan fingerprint density at radius 3 is 2.34 bits per heavy atom. The van der Waals surface area contributed by atoms with Gasteiger partial charge in [0.15, 0.2) is 0 Å². The fraction of sp³-hybridized carbons (Fsp3) is 0.440. The van der Waals surface area contributed by atoms with Gasteiger partial charge in [0.05, 0.1) is 12.0 Å². The molecule has 0 aromatic heterocycles. The molecule has 4 atom stereocenters. The Morgan fingerprint density at radius 1 is 1.00 bits per heavy atom. The third kappa shape index (κ3) is 4.36. The van der Waals surface area contributed by atoms with Gasteiger partial charge in [-0.3, -0.25) is 9.59 Å². The molecule has 4 heteroatoms. The molecular formula is C25H30N2O2. The topological polar surface area (TPSA) is 49.4 Å². The quantitative estimate of drug-likeness (QED) is 0.819. The van der Waals surface area contributed by atoms with Crippen molar-refractivity contribution >= 4 is 11.8 Å². The molecule has 2 aromatic carbocycles. The molecule has 1 N–H and O–H groups in total. The van der Waals surface area contributed by atoms with Gasteiger partial charge in [0.25, 0.3) is 0 Å². The minimum Gasteiger partial charge on any atom is -0.353 e. The first-order valence-corrected chi connectivity index (χ1v) is 10.8. The van der Waals surface area contributed by atoms with Gasteiger partial charge in [0.1, 0.15) is 0 Å². The maximum absolute atomic E-state index is 13.3. The summed E-state index contributed by atoms with van der Waals surface area (Å²) in [6, 6.07) is 20.1. The lowest BCUT2D eigenvalue weighted by molar-refractivity contribution is -0.144. The third-order valence-corrected chi connectivity index (χ3v) is 6.57. The smallest absolute Gasteiger partial charge is 0.225 e. The Hall–Kier alpha value is -2.62. The fourth-order valence-corrected chi connectivity index (χ4v) is 4.91. The van der Waals surface area contributed by atoms with Crippen molar-refractivity contribution in [2.45, 2.75) is 57.7 Å². The SMILES string of the molecule is CC1CCCC1NC(=O)C1CCC(=O)N(Cc2ccccc2)C1c1ccccc1. The first-order valence-electron chi connectivity index (χ1n) is 10.8. The van der Waals surface area contributed by atoms with E-state index in [-0.39, 0.29) is 29.8 Å². The lowest BCUT2D eigenvalue weighted by atomic mass is 9.83. The molecule has 0 spiro atoms. The number of carbonyl (C=O) groups excluding carboxylic acids is 2. The van der Waals surface area contributed by atoms with Gasteiger partial charge in [-0.05, 0) is 36.3 Å². The van der Waals surface area contributed by atoms with Gasteiger partial charge in [-0.2, -0.15) is 0 Å². The van der Waals surface area contributed by atoms with Crippen LogP contribution in [0.15, 0.2) is 60.7 Å². The Balaban J connectivity index is 1.62. The van der Waals surface area contributed by atoms with Crippen molar-refractivity contribution in [3.8, 4) is 0 Å². The number of carbonyl (C=O) groups is 2. The van der Waals surface area contributed by atoms with Crippen molar-refractivity contribution < 1.29 is 9.59 Å². The van der Waals surface area contributed by atoms with E-state index in [2.05, 4.69) is 12.2 Å². The van der Waals surface area contributed by atoms with E-state index >= 15 is 0 Å². The molecule has 4 nitrogen and oxygen atoms in total. The zero-order valence-electron chi connectivity index (χ0n) is 17.1. The average molecular weight is 391 g/mol. The second kappa shape index (κ2) is 8.81. The van der Waals surface area contributed by atoms with E-state index in [1.165, 1.54) is 12.8 Å². The number of benzene rings is 2. The number of nitrogens with zero attached hydrogens (tertiary/aromatic N) is 1. The van der Waals surface area contributed by atoms with Crippen LogP contribution in [0.4, 0.5) is 0 Å². The Labute approximate surface area is 173 Å². The van der Waals surface area contributed by atoms with Crippen LogP contribution in [0.5, 0.6) is 0 Å². The fourth-order valence-electron chi connectivity index (χ4n) is 4.91. The molecule has 2 aliphatic rings. The highest BCUT2D eigenvalue weighted by molar-refractivity contribution is 5.85. The van der Waals surface area contributed by atoms with Crippen LogP contribution in [0.25, 0.3) is 0 Å². The number of hydrogen-bond acceptors (Lipinski definition) is 2. The lowest BCUT2D eigenvalue weighted by Gasteiger charge is -2.41. The summed E-state index contributed by atoms with van der Waals surface area (Å²) >= 11 is 0. The van der Waals surface area contributed by atoms with E-state index in [4.69, 9.17) is 0 Å². The number of likely N-dealkylation sites (tertiary alicyclic amines) is 1. The summed E-state index contributed by atoms with van der Waals surface area (Å²) in [7, 11) is 0. The maximum atomic E-state index is 13.3. The van der Waals surface area contributed by atoms with Gasteiger partial charge >= 0.3 is 0 Å². The molecule has 152 valence electrons. The Morgan fingerprint density at radius 2 is 1.69 bits per heavy atom. The first-order chi connectivity index (χ1) is 14.1. The van der Waals surface area contributed by atoms with Crippen LogP contribution < -0.4 is 5.32 Å².